The molecule has 1 aliphatic rings. The number of piperidine rings is 1. The van der Waals surface area contributed by atoms with Gasteiger partial charge in [-0.1, -0.05) is 0 Å². The minimum Gasteiger partial charge on any atom is -0.474 e. The van der Waals surface area contributed by atoms with E-state index in [0.29, 0.717) is 5.88 Å². The van der Waals surface area contributed by atoms with Crippen LogP contribution in [0.4, 0.5) is 5.82 Å². The third-order valence-electron chi connectivity index (χ3n) is 4.90. The summed E-state index contributed by atoms with van der Waals surface area (Å²) >= 11 is 0. The Kier molecular flexibility index (Phi) is 3.48. The highest BCUT2D eigenvalue weighted by Crippen LogP contribution is 2.27. The number of aromatic nitrogens is 6. The molecule has 0 aromatic carbocycles. The molecular weight excluding hydrogens is 330 g/mol. The smallest absolute Gasteiger partial charge is 0.217 e. The first kappa shape index (κ1) is 15.1. The van der Waals surface area contributed by atoms with Crippen molar-refractivity contribution >= 4 is 22.5 Å². The molecule has 0 unspecified atom stereocenters. The summed E-state index contributed by atoms with van der Waals surface area (Å²) in [5.74, 6) is 1.66. The van der Waals surface area contributed by atoms with Crippen molar-refractivity contribution in [1.82, 2.24) is 29.1 Å². The number of aryl methyl sites for hydroxylation is 1. The predicted molar refractivity (Wildman–Crippen MR) is 97.4 cm³/mol. The normalized spacial score (nSPS) is 15.8. The first-order valence-electron chi connectivity index (χ1n) is 8.76. The van der Waals surface area contributed by atoms with E-state index in [1.165, 1.54) is 0 Å². The Hall–Kier alpha value is -3.16. The summed E-state index contributed by atoms with van der Waals surface area (Å²) in [5, 5.41) is 5.25. The number of fused-ring (bicyclic) bond motifs is 2. The van der Waals surface area contributed by atoms with Crippen molar-refractivity contribution in [1.29, 1.82) is 0 Å². The highest BCUT2D eigenvalue weighted by molar-refractivity contribution is 5.87. The van der Waals surface area contributed by atoms with Gasteiger partial charge < -0.3 is 14.2 Å². The van der Waals surface area contributed by atoms with Gasteiger partial charge in [-0.3, -0.25) is 0 Å². The molecule has 26 heavy (non-hydrogen) atoms. The van der Waals surface area contributed by atoms with E-state index < -0.39 is 0 Å². The van der Waals surface area contributed by atoms with E-state index in [1.807, 2.05) is 36.1 Å². The lowest BCUT2D eigenvalue weighted by molar-refractivity contribution is 0.164. The zero-order valence-corrected chi connectivity index (χ0v) is 14.5. The van der Waals surface area contributed by atoms with Crippen molar-refractivity contribution < 1.29 is 4.74 Å². The van der Waals surface area contributed by atoms with Crippen LogP contribution in [0.1, 0.15) is 12.8 Å². The Labute approximate surface area is 150 Å². The predicted octanol–water partition coefficient (Wildman–Crippen LogP) is 2.06. The molecule has 0 atom stereocenters. The molecule has 0 amide bonds. The quantitative estimate of drug-likeness (QED) is 0.564. The lowest BCUT2D eigenvalue weighted by Gasteiger charge is -2.32. The Balaban J connectivity index is 1.29. The summed E-state index contributed by atoms with van der Waals surface area (Å²) < 4.78 is 9.85. The molecule has 0 aliphatic carbocycles. The molecule has 132 valence electrons. The second kappa shape index (κ2) is 5.98. The molecule has 8 nitrogen and oxygen atoms in total. The highest BCUT2D eigenvalue weighted by atomic mass is 16.5. The fourth-order valence-corrected chi connectivity index (χ4v) is 3.53. The van der Waals surface area contributed by atoms with Crippen molar-refractivity contribution in [3.8, 4) is 5.88 Å². The molecule has 0 spiro atoms. The van der Waals surface area contributed by atoms with Crippen molar-refractivity contribution in [3.63, 3.8) is 0 Å². The molecule has 1 aliphatic heterocycles. The zero-order valence-electron chi connectivity index (χ0n) is 14.5. The molecule has 0 N–H and O–H groups in total. The zero-order chi connectivity index (χ0) is 17.5. The second-order valence-electron chi connectivity index (χ2n) is 6.57. The van der Waals surface area contributed by atoms with Crippen LogP contribution in [0.3, 0.4) is 0 Å². The van der Waals surface area contributed by atoms with Gasteiger partial charge in [0, 0.05) is 57.5 Å². The van der Waals surface area contributed by atoms with Crippen LogP contribution in [0.15, 0.2) is 43.1 Å². The summed E-state index contributed by atoms with van der Waals surface area (Å²) in [6.07, 6.45) is 9.31. The van der Waals surface area contributed by atoms with Gasteiger partial charge in [0.2, 0.25) is 5.88 Å². The van der Waals surface area contributed by atoms with Crippen molar-refractivity contribution in [2.75, 3.05) is 18.0 Å². The van der Waals surface area contributed by atoms with Gasteiger partial charge >= 0.3 is 0 Å². The summed E-state index contributed by atoms with van der Waals surface area (Å²) in [6.45, 7) is 1.81. The lowest BCUT2D eigenvalue weighted by Crippen LogP contribution is -2.38. The number of rotatable bonds is 3. The summed E-state index contributed by atoms with van der Waals surface area (Å²) in [7, 11) is 2.00. The molecule has 0 saturated carbocycles. The molecule has 1 saturated heterocycles. The van der Waals surface area contributed by atoms with Crippen LogP contribution in [0.25, 0.3) is 16.7 Å². The maximum atomic E-state index is 6.09. The van der Waals surface area contributed by atoms with E-state index in [-0.39, 0.29) is 6.10 Å². The summed E-state index contributed by atoms with van der Waals surface area (Å²) in [5.41, 5.74) is 1.76. The van der Waals surface area contributed by atoms with Crippen LogP contribution in [-0.4, -0.2) is 48.3 Å². The van der Waals surface area contributed by atoms with E-state index in [2.05, 4.69) is 31.0 Å². The van der Waals surface area contributed by atoms with Crippen molar-refractivity contribution in [2.24, 2.45) is 7.05 Å². The van der Waals surface area contributed by atoms with Gasteiger partial charge in [-0.15, -0.1) is 0 Å². The average Bonchev–Trinajstić information content (AvgIpc) is 3.29. The Morgan fingerprint density at radius 2 is 1.96 bits per heavy atom. The third-order valence-corrected chi connectivity index (χ3v) is 4.90. The largest absolute Gasteiger partial charge is 0.474 e. The fraction of sp³-hybridized carbons (Fsp3) is 0.333. The summed E-state index contributed by atoms with van der Waals surface area (Å²) in [6, 6.07) is 5.82. The maximum absolute atomic E-state index is 6.09. The Morgan fingerprint density at radius 1 is 1.08 bits per heavy atom. The molecule has 5 heterocycles. The number of ether oxygens (including phenoxy) is 1. The molecule has 4 aromatic rings. The maximum Gasteiger partial charge on any atom is 0.217 e. The number of hydrogen-bond acceptors (Lipinski definition) is 6. The van der Waals surface area contributed by atoms with Crippen molar-refractivity contribution in [2.45, 2.75) is 18.9 Å². The first-order valence-corrected chi connectivity index (χ1v) is 8.76. The van der Waals surface area contributed by atoms with Gasteiger partial charge in [-0.05, 0) is 6.07 Å². The first-order chi connectivity index (χ1) is 12.8. The number of anilines is 1. The van der Waals surface area contributed by atoms with Crippen LogP contribution >= 0.6 is 0 Å². The van der Waals surface area contributed by atoms with Gasteiger partial charge in [0.1, 0.15) is 23.9 Å². The van der Waals surface area contributed by atoms with Crippen LogP contribution in [0, 0.1) is 0 Å². The van der Waals surface area contributed by atoms with Gasteiger partial charge in [0.15, 0.2) is 5.65 Å². The number of hydrogen-bond donors (Lipinski definition) is 0. The Bertz CT molecular complexity index is 1060. The fourth-order valence-electron chi connectivity index (χ4n) is 3.53. The van der Waals surface area contributed by atoms with Gasteiger partial charge in [-0.25, -0.2) is 14.5 Å². The molecule has 4 aromatic heterocycles. The highest BCUT2D eigenvalue weighted by Gasteiger charge is 2.23. The molecule has 0 radical (unpaired) electrons. The standard InChI is InChI=1S/C18H19N7O/c1-23-8-5-14-17(23)19-12-20-18(14)24-9-3-13(4-10-24)26-16-6-11-25-15(22-16)2-7-21-25/h2,5-8,11-13H,3-4,9-10H2,1H3. The van der Waals surface area contributed by atoms with E-state index in [4.69, 9.17) is 4.74 Å². The molecule has 8 heteroatoms. The van der Waals surface area contributed by atoms with E-state index in [0.717, 1.165) is 48.4 Å². The van der Waals surface area contributed by atoms with Crippen LogP contribution in [-0.2, 0) is 7.05 Å². The van der Waals surface area contributed by atoms with Gasteiger partial charge in [-0.2, -0.15) is 10.1 Å². The van der Waals surface area contributed by atoms with Crippen LogP contribution in [0.2, 0.25) is 0 Å². The minimum atomic E-state index is 0.164. The lowest BCUT2D eigenvalue weighted by atomic mass is 10.1. The molecule has 5 rings (SSSR count). The Morgan fingerprint density at radius 3 is 2.85 bits per heavy atom. The van der Waals surface area contributed by atoms with Crippen molar-refractivity contribution in [3.05, 3.63) is 43.1 Å². The van der Waals surface area contributed by atoms with Gasteiger partial charge in [0.25, 0.3) is 0 Å². The third kappa shape index (κ3) is 2.54. The van der Waals surface area contributed by atoms with Crippen LogP contribution in [0.5, 0.6) is 5.88 Å². The molecule has 0 bridgehead atoms. The van der Waals surface area contributed by atoms with E-state index in [9.17, 15) is 0 Å². The van der Waals surface area contributed by atoms with Gasteiger partial charge in [0.05, 0.1) is 11.6 Å². The topological polar surface area (TPSA) is 73.4 Å². The minimum absolute atomic E-state index is 0.164. The average molecular weight is 349 g/mol. The SMILES string of the molecule is Cn1ccc2c(N3CCC(Oc4ccn5nccc5n4)CC3)ncnc21. The second-order valence-corrected chi connectivity index (χ2v) is 6.57. The van der Waals surface area contributed by atoms with E-state index in [1.54, 1.807) is 17.0 Å². The monoisotopic (exact) mass is 349 g/mol. The van der Waals surface area contributed by atoms with E-state index >= 15 is 0 Å². The number of nitrogens with zero attached hydrogens (tertiary/aromatic N) is 7. The molecular formula is C18H19N7O. The summed E-state index contributed by atoms with van der Waals surface area (Å²) in [4.78, 5) is 15.7. The van der Waals surface area contributed by atoms with Crippen LogP contribution < -0.4 is 9.64 Å². The molecule has 1 fully saturated rings.